The van der Waals surface area contributed by atoms with E-state index in [0.29, 0.717) is 5.17 Å². The predicted molar refractivity (Wildman–Crippen MR) is 114 cm³/mol. The highest BCUT2D eigenvalue weighted by molar-refractivity contribution is 8.13. The fourth-order valence-corrected chi connectivity index (χ4v) is 3.22. The van der Waals surface area contributed by atoms with E-state index in [1.165, 1.54) is 29.5 Å². The van der Waals surface area contributed by atoms with Crippen molar-refractivity contribution in [2.75, 3.05) is 0 Å². The molecule has 0 amide bonds. The summed E-state index contributed by atoms with van der Waals surface area (Å²) in [6, 6.07) is 22.8. The minimum absolute atomic E-state index is 0.222. The lowest BCUT2D eigenvalue weighted by Gasteiger charge is -2.06. The summed E-state index contributed by atoms with van der Waals surface area (Å²) >= 11 is 1.45. The van der Waals surface area contributed by atoms with Crippen molar-refractivity contribution in [3.05, 3.63) is 95.3 Å². The fraction of sp³-hybridized carbons (Fsp3) is 0.0909. The fourth-order valence-electron chi connectivity index (χ4n) is 2.61. The average Bonchev–Trinajstić information content (AvgIpc) is 2.68. The van der Waals surface area contributed by atoms with Crippen LogP contribution in [0.15, 0.2) is 83.0 Å². The molecule has 0 radical (unpaired) electrons. The molecule has 2 N–H and O–H groups in total. The Kier molecular flexibility index (Phi) is 6.39. The Balaban J connectivity index is 1.60. The van der Waals surface area contributed by atoms with Gasteiger partial charge < -0.3 is 5.73 Å². The number of benzene rings is 3. The van der Waals surface area contributed by atoms with Crippen molar-refractivity contribution in [2.45, 2.75) is 12.7 Å². The van der Waals surface area contributed by atoms with Gasteiger partial charge in [0, 0.05) is 5.75 Å². The van der Waals surface area contributed by atoms with Crippen molar-refractivity contribution < 1.29 is 4.39 Å². The van der Waals surface area contributed by atoms with Crippen LogP contribution < -0.4 is 5.73 Å². The van der Waals surface area contributed by atoms with Gasteiger partial charge in [0.05, 0.1) is 6.21 Å². The molecule has 0 unspecified atom stereocenters. The number of hydrogen-bond donors (Lipinski definition) is 1. The van der Waals surface area contributed by atoms with E-state index in [-0.39, 0.29) is 5.82 Å². The molecule has 136 valence electrons. The highest BCUT2D eigenvalue weighted by Crippen LogP contribution is 2.24. The van der Waals surface area contributed by atoms with Gasteiger partial charge in [-0.1, -0.05) is 72.4 Å². The zero-order valence-electron chi connectivity index (χ0n) is 15.0. The molecule has 0 heterocycles. The van der Waals surface area contributed by atoms with Gasteiger partial charge in [0.1, 0.15) is 5.82 Å². The Morgan fingerprint density at radius 3 is 2.48 bits per heavy atom. The molecule has 3 aromatic rings. The molecular weight excluding hydrogens is 357 g/mol. The summed E-state index contributed by atoms with van der Waals surface area (Å²) in [5, 5.41) is 8.50. The SMILES string of the molecule is Cc1cc(F)ccc1-c1ccc(C=NN=C(N)SCc2ccccc2)cc1. The Bertz CT molecular complexity index is 951. The van der Waals surface area contributed by atoms with Crippen molar-refractivity contribution in [1.29, 1.82) is 0 Å². The summed E-state index contributed by atoms with van der Waals surface area (Å²) < 4.78 is 13.2. The Hall–Kier alpha value is -2.92. The monoisotopic (exact) mass is 377 g/mol. The molecule has 27 heavy (non-hydrogen) atoms. The van der Waals surface area contributed by atoms with Gasteiger partial charge in [-0.2, -0.15) is 5.10 Å². The van der Waals surface area contributed by atoms with Gasteiger partial charge in [-0.25, -0.2) is 4.39 Å². The second-order valence-corrected chi connectivity index (χ2v) is 7.03. The van der Waals surface area contributed by atoms with Crippen LogP contribution in [-0.4, -0.2) is 11.4 Å². The maximum Gasteiger partial charge on any atom is 0.180 e. The van der Waals surface area contributed by atoms with Crippen LogP contribution in [0.1, 0.15) is 16.7 Å². The molecule has 0 aromatic heterocycles. The first-order valence-electron chi connectivity index (χ1n) is 8.51. The van der Waals surface area contributed by atoms with Crippen LogP contribution in [0.2, 0.25) is 0 Å². The predicted octanol–water partition coefficient (Wildman–Crippen LogP) is 5.38. The van der Waals surface area contributed by atoms with Gasteiger partial charge in [0.2, 0.25) is 0 Å². The molecule has 0 saturated heterocycles. The van der Waals surface area contributed by atoms with E-state index < -0.39 is 0 Å². The van der Waals surface area contributed by atoms with E-state index >= 15 is 0 Å². The Morgan fingerprint density at radius 1 is 1.04 bits per heavy atom. The smallest absolute Gasteiger partial charge is 0.180 e. The Labute approximate surface area is 162 Å². The topological polar surface area (TPSA) is 50.7 Å². The van der Waals surface area contributed by atoms with Crippen molar-refractivity contribution >= 4 is 23.1 Å². The molecule has 3 aromatic carbocycles. The zero-order valence-corrected chi connectivity index (χ0v) is 15.8. The largest absolute Gasteiger partial charge is 0.377 e. The van der Waals surface area contributed by atoms with Crippen LogP contribution in [0.3, 0.4) is 0 Å². The summed E-state index contributed by atoms with van der Waals surface area (Å²) in [6.45, 7) is 1.90. The molecule has 0 bridgehead atoms. The highest BCUT2D eigenvalue weighted by atomic mass is 32.2. The van der Waals surface area contributed by atoms with E-state index in [4.69, 9.17) is 5.73 Å². The maximum atomic E-state index is 13.2. The van der Waals surface area contributed by atoms with Crippen molar-refractivity contribution in [3.8, 4) is 11.1 Å². The second-order valence-electron chi connectivity index (χ2n) is 6.04. The standard InChI is InChI=1S/C22H20FN3S/c1-16-13-20(23)11-12-21(16)19-9-7-17(8-10-19)14-25-26-22(24)27-15-18-5-3-2-4-6-18/h2-14H,15H2,1H3,(H2,24,26). The van der Waals surface area contributed by atoms with Crippen LogP contribution >= 0.6 is 11.8 Å². The number of nitrogens with zero attached hydrogens (tertiary/aromatic N) is 2. The number of thioether (sulfide) groups is 1. The summed E-state index contributed by atoms with van der Waals surface area (Å²) in [5.41, 5.74) is 10.9. The molecule has 0 aliphatic heterocycles. The number of aryl methyl sites for hydroxylation is 1. The minimum Gasteiger partial charge on any atom is -0.377 e. The number of nitrogens with two attached hydrogens (primary N) is 1. The molecule has 0 aliphatic carbocycles. The molecule has 3 nitrogen and oxygen atoms in total. The molecule has 0 aliphatic rings. The lowest BCUT2D eigenvalue weighted by molar-refractivity contribution is 0.627. The lowest BCUT2D eigenvalue weighted by atomic mass is 9.99. The van der Waals surface area contributed by atoms with Gasteiger partial charge >= 0.3 is 0 Å². The van der Waals surface area contributed by atoms with E-state index in [0.717, 1.165) is 28.0 Å². The van der Waals surface area contributed by atoms with Crippen LogP contribution in [0.25, 0.3) is 11.1 Å². The van der Waals surface area contributed by atoms with Gasteiger partial charge in [-0.15, -0.1) is 5.10 Å². The average molecular weight is 377 g/mol. The summed E-state index contributed by atoms with van der Waals surface area (Å²) in [6.07, 6.45) is 1.66. The van der Waals surface area contributed by atoms with Gasteiger partial charge in [0.15, 0.2) is 5.17 Å². The summed E-state index contributed by atoms with van der Waals surface area (Å²) in [5.74, 6) is 0.540. The van der Waals surface area contributed by atoms with Crippen LogP contribution in [0, 0.1) is 12.7 Å². The van der Waals surface area contributed by atoms with Crippen LogP contribution in [-0.2, 0) is 5.75 Å². The normalized spacial score (nSPS) is 11.9. The van der Waals surface area contributed by atoms with Crippen LogP contribution in [0.4, 0.5) is 4.39 Å². The first-order chi connectivity index (χ1) is 13.1. The first-order valence-corrected chi connectivity index (χ1v) is 9.50. The third-order valence-electron chi connectivity index (χ3n) is 4.00. The number of halogens is 1. The van der Waals surface area contributed by atoms with Crippen molar-refractivity contribution in [1.82, 2.24) is 0 Å². The molecule has 5 heteroatoms. The van der Waals surface area contributed by atoms with E-state index in [1.54, 1.807) is 12.3 Å². The Morgan fingerprint density at radius 2 is 1.78 bits per heavy atom. The van der Waals surface area contributed by atoms with Crippen molar-refractivity contribution in [3.63, 3.8) is 0 Å². The summed E-state index contributed by atoms with van der Waals surface area (Å²) in [7, 11) is 0. The first kappa shape index (κ1) is 18.9. The zero-order chi connectivity index (χ0) is 19.1. The molecule has 0 saturated carbocycles. The molecule has 3 rings (SSSR count). The number of rotatable bonds is 5. The van der Waals surface area contributed by atoms with Crippen LogP contribution in [0.5, 0.6) is 0 Å². The molecule has 0 atom stereocenters. The molecule has 0 spiro atoms. The third-order valence-corrected chi connectivity index (χ3v) is 4.86. The number of amidine groups is 1. The maximum absolute atomic E-state index is 13.2. The highest BCUT2D eigenvalue weighted by Gasteiger charge is 2.03. The summed E-state index contributed by atoms with van der Waals surface area (Å²) in [4.78, 5) is 0. The van der Waals surface area contributed by atoms with Gasteiger partial charge in [-0.3, -0.25) is 0 Å². The van der Waals surface area contributed by atoms with E-state index in [1.807, 2.05) is 61.5 Å². The van der Waals surface area contributed by atoms with Crippen molar-refractivity contribution in [2.24, 2.45) is 15.9 Å². The van der Waals surface area contributed by atoms with E-state index in [2.05, 4.69) is 10.2 Å². The van der Waals surface area contributed by atoms with E-state index in [9.17, 15) is 4.39 Å². The van der Waals surface area contributed by atoms with Gasteiger partial charge in [0.25, 0.3) is 0 Å². The third kappa shape index (κ3) is 5.53. The second kappa shape index (κ2) is 9.14. The quantitative estimate of drug-likeness (QED) is 0.368. The lowest BCUT2D eigenvalue weighted by Crippen LogP contribution is -2.05. The minimum atomic E-state index is -0.222. The van der Waals surface area contributed by atoms with Gasteiger partial charge in [-0.05, 0) is 46.9 Å². The molecule has 0 fully saturated rings. The molecular formula is C22H20FN3S. The number of hydrogen-bond acceptors (Lipinski definition) is 3.